The van der Waals surface area contributed by atoms with Gasteiger partial charge in [0.1, 0.15) is 5.82 Å². The van der Waals surface area contributed by atoms with Crippen LogP contribution in [0.25, 0.3) is 0 Å². The largest absolute Gasteiger partial charge is 0.305 e. The predicted octanol–water partition coefficient (Wildman–Crippen LogP) is 2.87. The minimum atomic E-state index is 0.146. The molecule has 1 unspecified atom stereocenters. The van der Waals surface area contributed by atoms with Crippen LogP contribution in [0.3, 0.4) is 0 Å². The molecule has 0 aliphatic heterocycles. The number of aromatic nitrogens is 2. The Hall–Kier alpha value is -1.74. The van der Waals surface area contributed by atoms with E-state index in [1.807, 2.05) is 25.3 Å². The van der Waals surface area contributed by atoms with Crippen molar-refractivity contribution < 1.29 is 0 Å². The number of benzene rings is 1. The highest BCUT2D eigenvalue weighted by atomic mass is 15.0. The summed E-state index contributed by atoms with van der Waals surface area (Å²) in [6, 6.07) is 12.5. The zero-order valence-electron chi connectivity index (χ0n) is 10.9. The lowest BCUT2D eigenvalue weighted by molar-refractivity contribution is 0.583. The second-order valence-electron chi connectivity index (χ2n) is 4.33. The van der Waals surface area contributed by atoms with Crippen molar-refractivity contribution in [1.82, 2.24) is 15.3 Å². The maximum atomic E-state index is 4.53. The molecule has 1 N–H and O–H groups in total. The fraction of sp³-hybridized carbons (Fsp3) is 0.333. The molecule has 1 aromatic carbocycles. The van der Waals surface area contributed by atoms with Crippen LogP contribution in [0.15, 0.2) is 42.6 Å². The van der Waals surface area contributed by atoms with Gasteiger partial charge in [-0.05, 0) is 31.5 Å². The SMILES string of the molecule is CCCNC(c1ccccc1)c1ccnc(C)n1. The molecule has 2 rings (SSSR count). The number of hydrogen-bond donors (Lipinski definition) is 1. The lowest BCUT2D eigenvalue weighted by Gasteiger charge is -2.18. The minimum Gasteiger partial charge on any atom is -0.305 e. The lowest BCUT2D eigenvalue weighted by atomic mass is 10.0. The second kappa shape index (κ2) is 6.26. The Morgan fingerprint density at radius 2 is 1.94 bits per heavy atom. The first-order valence-corrected chi connectivity index (χ1v) is 6.39. The third-order valence-electron chi connectivity index (χ3n) is 2.82. The summed E-state index contributed by atoms with van der Waals surface area (Å²) in [5.41, 5.74) is 2.27. The van der Waals surface area contributed by atoms with Gasteiger partial charge in [-0.1, -0.05) is 37.3 Å². The predicted molar refractivity (Wildman–Crippen MR) is 73.3 cm³/mol. The Balaban J connectivity index is 2.31. The van der Waals surface area contributed by atoms with E-state index in [4.69, 9.17) is 0 Å². The summed E-state index contributed by atoms with van der Waals surface area (Å²) in [4.78, 5) is 8.69. The molecule has 0 aliphatic carbocycles. The second-order valence-corrected chi connectivity index (χ2v) is 4.33. The van der Waals surface area contributed by atoms with Gasteiger partial charge in [0, 0.05) is 6.20 Å². The molecule has 0 fully saturated rings. The van der Waals surface area contributed by atoms with Crippen molar-refractivity contribution in [2.45, 2.75) is 26.3 Å². The molecular weight excluding hydrogens is 222 g/mol. The molecule has 3 heteroatoms. The van der Waals surface area contributed by atoms with Gasteiger partial charge in [0.25, 0.3) is 0 Å². The van der Waals surface area contributed by atoms with Gasteiger partial charge in [-0.2, -0.15) is 0 Å². The first kappa shape index (κ1) is 12.7. The van der Waals surface area contributed by atoms with Crippen LogP contribution in [0.4, 0.5) is 0 Å². The van der Waals surface area contributed by atoms with E-state index in [0.29, 0.717) is 0 Å². The van der Waals surface area contributed by atoms with Crippen molar-refractivity contribution >= 4 is 0 Å². The summed E-state index contributed by atoms with van der Waals surface area (Å²) in [6.07, 6.45) is 2.93. The van der Waals surface area contributed by atoms with Crippen LogP contribution in [0, 0.1) is 6.92 Å². The average Bonchev–Trinajstić information content (AvgIpc) is 2.40. The molecule has 0 bridgehead atoms. The normalized spacial score (nSPS) is 12.3. The first-order valence-electron chi connectivity index (χ1n) is 6.39. The zero-order valence-corrected chi connectivity index (χ0v) is 10.9. The van der Waals surface area contributed by atoms with Gasteiger partial charge in [0.15, 0.2) is 0 Å². The quantitative estimate of drug-likeness (QED) is 0.874. The Morgan fingerprint density at radius 1 is 1.17 bits per heavy atom. The molecule has 0 saturated heterocycles. The molecule has 1 heterocycles. The van der Waals surface area contributed by atoms with E-state index >= 15 is 0 Å². The van der Waals surface area contributed by atoms with E-state index in [1.165, 1.54) is 5.56 Å². The molecule has 1 atom stereocenters. The molecular formula is C15H19N3. The van der Waals surface area contributed by atoms with Crippen LogP contribution >= 0.6 is 0 Å². The summed E-state index contributed by atoms with van der Waals surface area (Å²) >= 11 is 0. The number of aryl methyl sites for hydroxylation is 1. The van der Waals surface area contributed by atoms with Gasteiger partial charge >= 0.3 is 0 Å². The molecule has 2 aromatic rings. The van der Waals surface area contributed by atoms with Crippen LogP contribution in [-0.4, -0.2) is 16.5 Å². The lowest BCUT2D eigenvalue weighted by Crippen LogP contribution is -2.24. The van der Waals surface area contributed by atoms with E-state index in [1.54, 1.807) is 0 Å². The maximum Gasteiger partial charge on any atom is 0.125 e. The summed E-state index contributed by atoms with van der Waals surface area (Å²) in [5.74, 6) is 0.812. The van der Waals surface area contributed by atoms with Crippen molar-refractivity contribution in [3.05, 3.63) is 59.7 Å². The number of nitrogens with zero attached hydrogens (tertiary/aromatic N) is 2. The van der Waals surface area contributed by atoms with Gasteiger partial charge in [-0.15, -0.1) is 0 Å². The van der Waals surface area contributed by atoms with Gasteiger partial charge in [-0.25, -0.2) is 9.97 Å². The number of nitrogens with one attached hydrogen (secondary N) is 1. The van der Waals surface area contributed by atoms with E-state index in [2.05, 4.69) is 46.5 Å². The molecule has 0 spiro atoms. The third-order valence-corrected chi connectivity index (χ3v) is 2.82. The fourth-order valence-corrected chi connectivity index (χ4v) is 1.96. The average molecular weight is 241 g/mol. The molecule has 0 radical (unpaired) electrons. The molecule has 94 valence electrons. The number of hydrogen-bond acceptors (Lipinski definition) is 3. The molecule has 0 amide bonds. The van der Waals surface area contributed by atoms with Crippen molar-refractivity contribution in [3.63, 3.8) is 0 Å². The zero-order chi connectivity index (χ0) is 12.8. The standard InChI is InChI=1S/C15H19N3/c1-3-10-17-15(13-7-5-4-6-8-13)14-9-11-16-12(2)18-14/h4-9,11,15,17H,3,10H2,1-2H3. The van der Waals surface area contributed by atoms with Gasteiger partial charge in [-0.3, -0.25) is 0 Å². The Kier molecular flexibility index (Phi) is 4.42. The van der Waals surface area contributed by atoms with Gasteiger partial charge in [0.05, 0.1) is 11.7 Å². The van der Waals surface area contributed by atoms with Gasteiger partial charge in [0.2, 0.25) is 0 Å². The molecule has 18 heavy (non-hydrogen) atoms. The Morgan fingerprint density at radius 3 is 2.61 bits per heavy atom. The van der Waals surface area contributed by atoms with Crippen LogP contribution in [0.1, 0.15) is 36.5 Å². The van der Waals surface area contributed by atoms with Crippen molar-refractivity contribution in [1.29, 1.82) is 0 Å². The van der Waals surface area contributed by atoms with Crippen LogP contribution in [0.5, 0.6) is 0 Å². The van der Waals surface area contributed by atoms with Crippen LogP contribution in [-0.2, 0) is 0 Å². The molecule has 0 saturated carbocycles. The summed E-state index contributed by atoms with van der Waals surface area (Å²) < 4.78 is 0. The third kappa shape index (κ3) is 3.14. The van der Waals surface area contributed by atoms with E-state index in [9.17, 15) is 0 Å². The van der Waals surface area contributed by atoms with Crippen LogP contribution < -0.4 is 5.32 Å². The molecule has 0 aliphatic rings. The Labute approximate surface area is 108 Å². The first-order chi connectivity index (χ1) is 8.81. The maximum absolute atomic E-state index is 4.53. The highest BCUT2D eigenvalue weighted by Crippen LogP contribution is 2.19. The molecule has 3 nitrogen and oxygen atoms in total. The van der Waals surface area contributed by atoms with Crippen molar-refractivity contribution in [2.24, 2.45) is 0 Å². The molecule has 1 aromatic heterocycles. The van der Waals surface area contributed by atoms with E-state index in [-0.39, 0.29) is 6.04 Å². The van der Waals surface area contributed by atoms with Crippen molar-refractivity contribution in [2.75, 3.05) is 6.54 Å². The van der Waals surface area contributed by atoms with E-state index < -0.39 is 0 Å². The van der Waals surface area contributed by atoms with Gasteiger partial charge < -0.3 is 5.32 Å². The smallest absolute Gasteiger partial charge is 0.125 e. The van der Waals surface area contributed by atoms with E-state index in [0.717, 1.165) is 24.5 Å². The van der Waals surface area contributed by atoms with Crippen LogP contribution in [0.2, 0.25) is 0 Å². The monoisotopic (exact) mass is 241 g/mol. The topological polar surface area (TPSA) is 37.8 Å². The fourth-order valence-electron chi connectivity index (χ4n) is 1.96. The Bertz CT molecular complexity index is 482. The van der Waals surface area contributed by atoms with Crippen molar-refractivity contribution in [3.8, 4) is 0 Å². The summed E-state index contributed by atoms with van der Waals surface area (Å²) in [6.45, 7) is 5.06. The summed E-state index contributed by atoms with van der Waals surface area (Å²) in [5, 5.41) is 3.54. The summed E-state index contributed by atoms with van der Waals surface area (Å²) in [7, 11) is 0. The highest BCUT2D eigenvalue weighted by Gasteiger charge is 2.14. The minimum absolute atomic E-state index is 0.146. The highest BCUT2D eigenvalue weighted by molar-refractivity contribution is 5.27. The number of rotatable bonds is 5.